The van der Waals surface area contributed by atoms with E-state index >= 15 is 0 Å². The standard InChI is InChI=1S/C18H20O3.C13H14O3.C8H8O3/c1-4-6-8-13-20-17-12-10-11-16(15(17)3)18(19)21-14-9-7-5-2;1-3-4-5-9-16-12-8-6-7-11(10(12)2)13(14)15;1-5-6(8(10)11)3-2-4-7(5)9/h10-12H,4-5,13-14H2,1-3H3;6-8H,3,9H2,1-2H3,(H,14,15);2-4,9H,1H3,(H,10,11). The predicted molar refractivity (Wildman–Crippen MR) is 185 cm³/mol. The van der Waals surface area contributed by atoms with Crippen LogP contribution in [-0.2, 0) is 4.74 Å². The second-order valence-electron chi connectivity index (χ2n) is 9.69. The number of carboxylic acid groups (broad SMARTS) is 2. The molecule has 0 spiro atoms. The molecule has 0 atom stereocenters. The fourth-order valence-electron chi connectivity index (χ4n) is 3.78. The number of carboxylic acids is 2. The van der Waals surface area contributed by atoms with Crippen LogP contribution in [0.3, 0.4) is 0 Å². The van der Waals surface area contributed by atoms with E-state index in [9.17, 15) is 14.4 Å². The van der Waals surface area contributed by atoms with E-state index in [0.717, 1.165) is 24.8 Å². The SMILES string of the molecule is CCC#CCOC(=O)c1cccc(OCC#CCC)c1C.CCC#CCOc1cccc(C(=O)O)c1C.Cc1c(O)cccc1C(=O)O. The lowest BCUT2D eigenvalue weighted by molar-refractivity contribution is 0.0554. The van der Waals surface area contributed by atoms with E-state index in [0.29, 0.717) is 34.8 Å². The summed E-state index contributed by atoms with van der Waals surface area (Å²) in [7, 11) is 0. The van der Waals surface area contributed by atoms with Gasteiger partial charge in [0.15, 0.2) is 6.61 Å². The molecule has 0 bridgehead atoms. The Hall–Kier alpha value is -5.85. The number of aromatic hydroxyl groups is 1. The number of benzene rings is 3. The van der Waals surface area contributed by atoms with Crippen LogP contribution in [0.15, 0.2) is 54.6 Å². The summed E-state index contributed by atoms with van der Waals surface area (Å²) in [5, 5.41) is 26.6. The molecule has 9 heteroatoms. The highest BCUT2D eigenvalue weighted by atomic mass is 16.5. The zero-order valence-corrected chi connectivity index (χ0v) is 28.2. The first-order chi connectivity index (χ1) is 23.0. The van der Waals surface area contributed by atoms with Crippen molar-refractivity contribution < 1.29 is 43.9 Å². The Balaban J connectivity index is 0.000000378. The fraction of sp³-hybridized carbons (Fsp3) is 0.308. The summed E-state index contributed by atoms with van der Waals surface area (Å²) in [6.07, 6.45) is 2.34. The van der Waals surface area contributed by atoms with Crippen LogP contribution in [0, 0.1) is 56.3 Å². The first-order valence-corrected chi connectivity index (χ1v) is 15.2. The van der Waals surface area contributed by atoms with Gasteiger partial charge in [-0.15, -0.1) is 17.8 Å². The Kier molecular flexibility index (Phi) is 18.9. The van der Waals surface area contributed by atoms with Gasteiger partial charge in [0.2, 0.25) is 0 Å². The molecule has 48 heavy (non-hydrogen) atoms. The molecule has 9 nitrogen and oxygen atoms in total. The molecule has 0 radical (unpaired) electrons. The molecule has 0 aliphatic rings. The summed E-state index contributed by atoms with van der Waals surface area (Å²) in [6, 6.07) is 14.7. The number of carbonyl (C=O) groups is 3. The average molecular weight is 655 g/mol. The maximum Gasteiger partial charge on any atom is 0.339 e. The summed E-state index contributed by atoms with van der Waals surface area (Å²) in [5.41, 5.74) is 2.69. The van der Waals surface area contributed by atoms with Gasteiger partial charge in [0.25, 0.3) is 0 Å². The van der Waals surface area contributed by atoms with Gasteiger partial charge in [-0.1, -0.05) is 56.7 Å². The van der Waals surface area contributed by atoms with E-state index in [4.69, 9.17) is 29.5 Å². The van der Waals surface area contributed by atoms with Crippen molar-refractivity contribution in [1.82, 2.24) is 0 Å². The van der Waals surface area contributed by atoms with Crippen molar-refractivity contribution >= 4 is 17.9 Å². The fourth-order valence-corrected chi connectivity index (χ4v) is 3.78. The van der Waals surface area contributed by atoms with E-state index in [2.05, 4.69) is 35.5 Å². The van der Waals surface area contributed by atoms with Crippen LogP contribution < -0.4 is 9.47 Å². The maximum absolute atomic E-state index is 12.0. The Morgan fingerprint density at radius 1 is 0.562 bits per heavy atom. The van der Waals surface area contributed by atoms with Crippen LogP contribution in [0.5, 0.6) is 17.2 Å². The number of aromatic carboxylic acids is 2. The molecule has 0 saturated carbocycles. The van der Waals surface area contributed by atoms with Crippen LogP contribution >= 0.6 is 0 Å². The number of esters is 1. The third-order valence-corrected chi connectivity index (χ3v) is 6.33. The van der Waals surface area contributed by atoms with Crippen LogP contribution in [0.1, 0.15) is 87.8 Å². The second kappa shape index (κ2) is 22.6. The number of hydrogen-bond donors (Lipinski definition) is 3. The molecule has 0 fully saturated rings. The van der Waals surface area contributed by atoms with E-state index < -0.39 is 11.9 Å². The van der Waals surface area contributed by atoms with Crippen molar-refractivity contribution in [3.8, 4) is 52.8 Å². The molecule has 0 aromatic heterocycles. The van der Waals surface area contributed by atoms with E-state index in [1.54, 1.807) is 44.2 Å². The van der Waals surface area contributed by atoms with Crippen molar-refractivity contribution in [3.05, 3.63) is 88.0 Å². The third kappa shape index (κ3) is 14.1. The molecule has 3 N–H and O–H groups in total. The van der Waals surface area contributed by atoms with Crippen molar-refractivity contribution in [1.29, 1.82) is 0 Å². The molecule has 252 valence electrons. The lowest BCUT2D eigenvalue weighted by atomic mass is 10.1. The largest absolute Gasteiger partial charge is 0.508 e. The van der Waals surface area contributed by atoms with Gasteiger partial charge in [-0.2, -0.15) is 0 Å². The van der Waals surface area contributed by atoms with Crippen molar-refractivity contribution in [2.45, 2.75) is 60.8 Å². The molecule has 3 aromatic rings. The average Bonchev–Trinajstić information content (AvgIpc) is 3.06. The molecule has 0 saturated heterocycles. The predicted octanol–water partition coefficient (Wildman–Crippen LogP) is 7.24. The van der Waals surface area contributed by atoms with Crippen LogP contribution in [0.25, 0.3) is 0 Å². The van der Waals surface area contributed by atoms with Gasteiger partial charge >= 0.3 is 17.9 Å². The van der Waals surface area contributed by atoms with Gasteiger partial charge in [0.05, 0.1) is 16.7 Å². The molecule has 0 aliphatic carbocycles. The highest BCUT2D eigenvalue weighted by molar-refractivity contribution is 5.92. The zero-order chi connectivity index (χ0) is 35.9. The maximum atomic E-state index is 12.0. The molecular formula is C39H42O9. The molecule has 0 heterocycles. The van der Waals surface area contributed by atoms with Gasteiger partial charge in [-0.05, 0) is 57.2 Å². The molecular weight excluding hydrogens is 612 g/mol. The minimum absolute atomic E-state index is 0.0184. The number of phenolic OH excluding ortho intramolecular Hbond substituents is 1. The number of phenols is 1. The second-order valence-corrected chi connectivity index (χ2v) is 9.69. The monoisotopic (exact) mass is 654 g/mol. The van der Waals surface area contributed by atoms with E-state index in [1.807, 2.05) is 33.8 Å². The van der Waals surface area contributed by atoms with E-state index in [-0.39, 0.29) is 36.1 Å². The topological polar surface area (TPSA) is 140 Å². The highest BCUT2D eigenvalue weighted by Gasteiger charge is 2.13. The minimum atomic E-state index is -1.02. The summed E-state index contributed by atoms with van der Waals surface area (Å²) in [6.45, 7) is 11.7. The minimum Gasteiger partial charge on any atom is -0.508 e. The Bertz CT molecular complexity index is 1720. The molecule has 3 rings (SSSR count). The van der Waals surface area contributed by atoms with Crippen molar-refractivity contribution in [3.63, 3.8) is 0 Å². The number of hydrogen-bond acceptors (Lipinski definition) is 7. The van der Waals surface area contributed by atoms with Gasteiger partial charge in [-0.3, -0.25) is 0 Å². The number of carbonyl (C=O) groups excluding carboxylic acids is 1. The third-order valence-electron chi connectivity index (χ3n) is 6.33. The molecule has 3 aromatic carbocycles. The lowest BCUT2D eigenvalue weighted by Gasteiger charge is -2.10. The number of ether oxygens (including phenoxy) is 3. The van der Waals surface area contributed by atoms with Gasteiger partial charge in [0, 0.05) is 36.0 Å². The normalized spacial score (nSPS) is 9.12. The quantitative estimate of drug-likeness (QED) is 0.169. The Morgan fingerprint density at radius 3 is 1.40 bits per heavy atom. The van der Waals surface area contributed by atoms with Crippen LogP contribution in [0.2, 0.25) is 0 Å². The zero-order valence-electron chi connectivity index (χ0n) is 28.2. The first-order valence-electron chi connectivity index (χ1n) is 15.2. The first kappa shape index (κ1) is 40.2. The lowest BCUT2D eigenvalue weighted by Crippen LogP contribution is -2.08. The Labute approximate surface area is 282 Å². The van der Waals surface area contributed by atoms with Gasteiger partial charge < -0.3 is 29.5 Å². The van der Waals surface area contributed by atoms with Crippen molar-refractivity contribution in [2.24, 2.45) is 0 Å². The summed E-state index contributed by atoms with van der Waals surface area (Å²) < 4.78 is 16.1. The smallest absolute Gasteiger partial charge is 0.339 e. The summed E-state index contributed by atoms with van der Waals surface area (Å²) >= 11 is 0. The molecule has 0 aliphatic heterocycles. The van der Waals surface area contributed by atoms with Gasteiger partial charge in [0.1, 0.15) is 30.5 Å². The van der Waals surface area contributed by atoms with Crippen LogP contribution in [0.4, 0.5) is 0 Å². The van der Waals surface area contributed by atoms with Crippen molar-refractivity contribution in [2.75, 3.05) is 19.8 Å². The highest BCUT2D eigenvalue weighted by Crippen LogP contribution is 2.23. The Morgan fingerprint density at radius 2 is 0.958 bits per heavy atom. The summed E-state index contributed by atoms with van der Waals surface area (Å²) in [4.78, 5) is 33.3. The van der Waals surface area contributed by atoms with Crippen LogP contribution in [-0.4, -0.2) is 53.0 Å². The van der Waals surface area contributed by atoms with E-state index in [1.165, 1.54) is 18.2 Å². The number of rotatable bonds is 8. The molecule has 0 unspecified atom stereocenters. The van der Waals surface area contributed by atoms with Gasteiger partial charge in [-0.25, -0.2) is 14.4 Å². The summed E-state index contributed by atoms with van der Waals surface area (Å²) in [5.74, 6) is 16.1. The molecule has 0 amide bonds.